The maximum atomic E-state index is 12.6. The first kappa shape index (κ1) is 31.2. The first-order valence-corrected chi connectivity index (χ1v) is 13.9. The minimum atomic E-state index is -0.209. The van der Waals surface area contributed by atoms with Gasteiger partial charge in [-0.3, -0.25) is 9.59 Å². The largest absolute Gasteiger partial charge is 0.504 e. The van der Waals surface area contributed by atoms with Gasteiger partial charge in [-0.25, -0.2) is 0 Å². The van der Waals surface area contributed by atoms with Crippen LogP contribution in [0.1, 0.15) is 37.4 Å². The van der Waals surface area contributed by atoms with Crippen LogP contribution in [0.2, 0.25) is 10.0 Å². The first-order chi connectivity index (χ1) is 20.8. The molecule has 0 aliphatic rings. The average molecular weight is 616 g/mol. The van der Waals surface area contributed by atoms with Crippen molar-refractivity contribution >= 4 is 34.8 Å². The van der Waals surface area contributed by atoms with Gasteiger partial charge >= 0.3 is 0 Å². The van der Waals surface area contributed by atoms with Gasteiger partial charge in [0, 0.05) is 22.3 Å². The van der Waals surface area contributed by atoms with Crippen LogP contribution in [0.15, 0.2) is 115 Å². The summed E-state index contributed by atoms with van der Waals surface area (Å²) in [4.78, 5) is 24.9. The highest BCUT2D eigenvalue weighted by Gasteiger charge is 2.16. The summed E-state index contributed by atoms with van der Waals surface area (Å²) < 4.78 is 16.2. The Morgan fingerprint density at radius 1 is 0.605 bits per heavy atom. The summed E-state index contributed by atoms with van der Waals surface area (Å²) in [5.41, 5.74) is 2.85. The van der Waals surface area contributed by atoms with Gasteiger partial charge in [-0.15, -0.1) is 0 Å². The van der Waals surface area contributed by atoms with E-state index in [2.05, 4.69) is 0 Å². The van der Waals surface area contributed by atoms with Crippen LogP contribution in [0.4, 0.5) is 0 Å². The third kappa shape index (κ3) is 7.95. The van der Waals surface area contributed by atoms with Crippen LogP contribution >= 0.6 is 23.2 Å². The molecule has 0 unspecified atom stereocenters. The fourth-order valence-corrected chi connectivity index (χ4v) is 4.53. The molecular formula is C35H28Cl2O6. The molecule has 8 heteroatoms. The standard InChI is InChI=1S/C21H17ClO3.C14H11ClO3/c1-24-20-13-16(21(23)17-9-5-6-10-18(17)22)11-12-19(20)25-14-15-7-3-2-4-8-15;1-18-13-8-9(6-7-12(13)16)14(17)10-4-2-3-5-11(10)15/h2-13H,14H2,1H3;2-8,16H,1H3. The van der Waals surface area contributed by atoms with Crippen molar-refractivity contribution in [1.29, 1.82) is 0 Å². The Kier molecular flexibility index (Phi) is 10.8. The number of halogens is 2. The molecule has 43 heavy (non-hydrogen) atoms. The third-order valence-electron chi connectivity index (χ3n) is 6.34. The van der Waals surface area contributed by atoms with Crippen LogP contribution in [0.5, 0.6) is 23.0 Å². The van der Waals surface area contributed by atoms with E-state index in [1.807, 2.05) is 30.3 Å². The summed E-state index contributed by atoms with van der Waals surface area (Å²) >= 11 is 12.1. The molecule has 0 bridgehead atoms. The van der Waals surface area contributed by atoms with Gasteiger partial charge in [-0.1, -0.05) is 77.8 Å². The maximum Gasteiger partial charge on any atom is 0.194 e. The van der Waals surface area contributed by atoms with Gasteiger partial charge in [0.15, 0.2) is 34.6 Å². The number of hydrogen-bond acceptors (Lipinski definition) is 6. The van der Waals surface area contributed by atoms with Crippen LogP contribution in [0.25, 0.3) is 0 Å². The van der Waals surface area contributed by atoms with Gasteiger partial charge in [-0.2, -0.15) is 0 Å². The number of carbonyl (C=O) groups excluding carboxylic acids is 2. The van der Waals surface area contributed by atoms with E-state index in [1.54, 1.807) is 73.8 Å². The molecule has 5 aromatic carbocycles. The van der Waals surface area contributed by atoms with E-state index in [9.17, 15) is 14.7 Å². The summed E-state index contributed by atoms with van der Waals surface area (Å²) in [5.74, 6) is 0.981. The minimum absolute atomic E-state index is 0.00629. The molecule has 0 aromatic heterocycles. The Labute approximate surface area is 260 Å². The number of phenolic OH excluding ortho intramolecular Hbond substituents is 1. The van der Waals surface area contributed by atoms with Gasteiger partial charge in [-0.05, 0) is 66.2 Å². The van der Waals surface area contributed by atoms with Crippen LogP contribution in [-0.4, -0.2) is 30.9 Å². The lowest BCUT2D eigenvalue weighted by atomic mass is 10.0. The lowest BCUT2D eigenvalue weighted by Gasteiger charge is -2.12. The zero-order valence-electron chi connectivity index (χ0n) is 23.4. The third-order valence-corrected chi connectivity index (χ3v) is 7.00. The van der Waals surface area contributed by atoms with Crippen molar-refractivity contribution in [3.63, 3.8) is 0 Å². The second-order valence-corrected chi connectivity index (χ2v) is 9.96. The number of methoxy groups -OCH3 is 2. The second kappa shape index (κ2) is 14.9. The SMILES string of the molecule is COc1cc(C(=O)c2ccccc2Cl)ccc1O.COc1cc(C(=O)c2ccccc2Cl)ccc1OCc1ccccc1. The highest BCUT2D eigenvalue weighted by Crippen LogP contribution is 2.31. The number of benzene rings is 5. The van der Waals surface area contributed by atoms with E-state index in [4.69, 9.17) is 37.4 Å². The average Bonchev–Trinajstić information content (AvgIpc) is 3.04. The fourth-order valence-electron chi connectivity index (χ4n) is 4.08. The number of aromatic hydroxyl groups is 1. The number of carbonyl (C=O) groups is 2. The maximum absolute atomic E-state index is 12.6. The van der Waals surface area contributed by atoms with Crippen molar-refractivity contribution in [2.45, 2.75) is 6.61 Å². The molecule has 0 saturated carbocycles. The van der Waals surface area contributed by atoms with Gasteiger partial charge in [0.2, 0.25) is 0 Å². The van der Waals surface area contributed by atoms with E-state index in [-0.39, 0.29) is 23.1 Å². The van der Waals surface area contributed by atoms with Gasteiger partial charge in [0.1, 0.15) is 6.61 Å². The van der Waals surface area contributed by atoms with E-state index in [0.717, 1.165) is 5.56 Å². The Balaban J connectivity index is 0.000000208. The van der Waals surface area contributed by atoms with Crippen molar-refractivity contribution in [2.75, 3.05) is 14.2 Å². The predicted octanol–water partition coefficient (Wildman–Crippen LogP) is 8.44. The van der Waals surface area contributed by atoms with Crippen molar-refractivity contribution < 1.29 is 28.9 Å². The lowest BCUT2D eigenvalue weighted by molar-refractivity contribution is 0.103. The number of rotatable bonds is 9. The van der Waals surface area contributed by atoms with E-state index in [0.29, 0.717) is 50.4 Å². The molecule has 0 heterocycles. The monoisotopic (exact) mass is 614 g/mol. The molecule has 1 N–H and O–H groups in total. The van der Waals surface area contributed by atoms with Crippen molar-refractivity contribution in [3.8, 4) is 23.0 Å². The zero-order chi connectivity index (χ0) is 30.8. The molecule has 0 spiro atoms. The molecule has 0 radical (unpaired) electrons. The topological polar surface area (TPSA) is 82.1 Å². The normalized spacial score (nSPS) is 10.2. The molecule has 5 aromatic rings. The van der Waals surface area contributed by atoms with Crippen LogP contribution in [0.3, 0.4) is 0 Å². The van der Waals surface area contributed by atoms with Crippen molar-refractivity contribution in [3.05, 3.63) is 153 Å². The fraction of sp³-hybridized carbons (Fsp3) is 0.0857. The van der Waals surface area contributed by atoms with Crippen molar-refractivity contribution in [2.24, 2.45) is 0 Å². The molecule has 5 rings (SSSR count). The molecule has 0 saturated heterocycles. The highest BCUT2D eigenvalue weighted by molar-refractivity contribution is 6.35. The molecule has 0 aliphatic carbocycles. The van der Waals surface area contributed by atoms with Crippen LogP contribution < -0.4 is 14.2 Å². The zero-order valence-corrected chi connectivity index (χ0v) is 24.9. The van der Waals surface area contributed by atoms with Gasteiger partial charge in [0.05, 0.1) is 24.3 Å². The quantitative estimate of drug-likeness (QED) is 0.168. The Morgan fingerprint density at radius 2 is 1.09 bits per heavy atom. The summed E-state index contributed by atoms with van der Waals surface area (Å²) in [5, 5.41) is 10.3. The van der Waals surface area contributed by atoms with Gasteiger partial charge < -0.3 is 19.3 Å². The summed E-state index contributed by atoms with van der Waals surface area (Å²) in [6, 6.07) is 33.2. The first-order valence-electron chi connectivity index (χ1n) is 13.1. The van der Waals surface area contributed by atoms with Crippen molar-refractivity contribution in [1.82, 2.24) is 0 Å². The predicted molar refractivity (Wildman–Crippen MR) is 168 cm³/mol. The smallest absolute Gasteiger partial charge is 0.194 e. The Morgan fingerprint density at radius 3 is 1.63 bits per heavy atom. The second-order valence-electron chi connectivity index (χ2n) is 9.14. The number of ketones is 2. The lowest BCUT2D eigenvalue weighted by Crippen LogP contribution is -2.04. The Hall–Kier alpha value is -4.78. The molecule has 0 aliphatic heterocycles. The molecule has 6 nitrogen and oxygen atoms in total. The number of phenols is 1. The van der Waals surface area contributed by atoms with E-state index in [1.165, 1.54) is 25.3 Å². The summed E-state index contributed by atoms with van der Waals surface area (Å²) in [6.45, 7) is 0.426. The highest BCUT2D eigenvalue weighted by atomic mass is 35.5. The van der Waals surface area contributed by atoms with E-state index >= 15 is 0 Å². The number of ether oxygens (including phenoxy) is 3. The molecular weight excluding hydrogens is 587 g/mol. The van der Waals surface area contributed by atoms with Gasteiger partial charge in [0.25, 0.3) is 0 Å². The van der Waals surface area contributed by atoms with E-state index < -0.39 is 0 Å². The molecule has 0 atom stereocenters. The van der Waals surface area contributed by atoms with Crippen LogP contribution in [-0.2, 0) is 6.61 Å². The Bertz CT molecular complexity index is 1720. The summed E-state index contributed by atoms with van der Waals surface area (Å²) in [7, 11) is 2.98. The minimum Gasteiger partial charge on any atom is -0.504 e. The number of hydrogen-bond donors (Lipinski definition) is 1. The molecule has 218 valence electrons. The van der Waals surface area contributed by atoms with Crippen LogP contribution in [0, 0.1) is 0 Å². The molecule has 0 amide bonds. The summed E-state index contributed by atoms with van der Waals surface area (Å²) in [6.07, 6.45) is 0. The molecule has 0 fully saturated rings.